The Morgan fingerprint density at radius 3 is 2.52 bits per heavy atom. The topological polar surface area (TPSA) is 87.7 Å². The molecule has 40 heavy (non-hydrogen) atoms. The number of carbonyl (C=O) groups is 3. The Kier molecular flexibility index (Phi) is 7.60. The summed E-state index contributed by atoms with van der Waals surface area (Å²) in [5.41, 5.74) is 2.16. The lowest BCUT2D eigenvalue weighted by molar-refractivity contribution is -0.141. The van der Waals surface area contributed by atoms with Crippen molar-refractivity contribution < 1.29 is 19.1 Å². The van der Waals surface area contributed by atoms with Gasteiger partial charge in [-0.05, 0) is 68.6 Å². The zero-order chi connectivity index (χ0) is 27.9. The maximum Gasteiger partial charge on any atom is 0.246 e. The third-order valence-electron chi connectivity index (χ3n) is 9.78. The number of ether oxygens (including phenoxy) is 1. The van der Waals surface area contributed by atoms with Gasteiger partial charge in [-0.15, -0.1) is 0 Å². The second-order valence-electron chi connectivity index (χ2n) is 12.7. The zero-order valence-corrected chi connectivity index (χ0v) is 23.9. The second-order valence-corrected chi connectivity index (χ2v) is 12.7. The molecule has 1 spiro atoms. The summed E-state index contributed by atoms with van der Waals surface area (Å²) in [6.45, 7) is 4.74. The molecule has 7 heteroatoms. The van der Waals surface area contributed by atoms with Crippen LogP contribution >= 0.6 is 0 Å². The number of rotatable bonds is 8. The number of hydrogen-bond acceptors (Lipinski definition) is 4. The molecule has 3 fully saturated rings. The predicted molar refractivity (Wildman–Crippen MR) is 155 cm³/mol. The van der Waals surface area contributed by atoms with Crippen molar-refractivity contribution in [2.45, 2.75) is 108 Å². The normalized spacial score (nSPS) is 31.4. The smallest absolute Gasteiger partial charge is 0.246 e. The van der Waals surface area contributed by atoms with E-state index in [9.17, 15) is 14.4 Å². The minimum atomic E-state index is -1.11. The Labute approximate surface area is 237 Å². The lowest BCUT2D eigenvalue weighted by atomic mass is 9.74. The first-order valence-electron chi connectivity index (χ1n) is 15.4. The van der Waals surface area contributed by atoms with Crippen LogP contribution in [0.3, 0.4) is 0 Å². The van der Waals surface area contributed by atoms with Gasteiger partial charge < -0.3 is 20.3 Å². The molecule has 2 saturated heterocycles. The number of hydrogen-bond donors (Lipinski definition) is 2. The average Bonchev–Trinajstić information content (AvgIpc) is 3.60. The Morgan fingerprint density at radius 1 is 1.05 bits per heavy atom. The van der Waals surface area contributed by atoms with Gasteiger partial charge in [0.05, 0.1) is 17.9 Å². The van der Waals surface area contributed by atoms with E-state index >= 15 is 0 Å². The van der Waals surface area contributed by atoms with Crippen LogP contribution in [0.2, 0.25) is 0 Å². The standard InChI is InChI=1S/C33H43N3O4/c1-21(2)23-13-15-25(16-14-23)34-30(37)27-26-17-19-33(40-26)28(27)32(39)36(20-18-22-9-5-3-6-10-22)29(33)31(38)35-24-11-7-4-8-12-24/h9,13-17,19,21,24,26-29H,3-8,10-12,18,20H2,1-2H3,(H,34,37)(H,35,38)/t26-,27-,28-,29+,33-/m1/s1. The lowest BCUT2D eigenvalue weighted by Gasteiger charge is -2.34. The summed E-state index contributed by atoms with van der Waals surface area (Å²) in [7, 11) is 0. The molecule has 2 bridgehead atoms. The number of benzene rings is 1. The van der Waals surface area contributed by atoms with Gasteiger partial charge >= 0.3 is 0 Å². The summed E-state index contributed by atoms with van der Waals surface area (Å²) in [5, 5.41) is 6.32. The largest absolute Gasteiger partial charge is 0.359 e. The molecule has 7 nitrogen and oxygen atoms in total. The van der Waals surface area contributed by atoms with Crippen LogP contribution < -0.4 is 10.6 Å². The molecule has 1 aromatic rings. The molecule has 5 atom stereocenters. The van der Waals surface area contributed by atoms with Crippen molar-refractivity contribution in [2.75, 3.05) is 11.9 Å². The zero-order valence-electron chi connectivity index (χ0n) is 23.9. The van der Waals surface area contributed by atoms with Gasteiger partial charge in [-0.3, -0.25) is 14.4 Å². The fraction of sp³-hybridized carbons (Fsp3) is 0.606. The van der Waals surface area contributed by atoms with Crippen molar-refractivity contribution in [1.29, 1.82) is 0 Å². The summed E-state index contributed by atoms with van der Waals surface area (Å²) in [4.78, 5) is 43.6. The maximum absolute atomic E-state index is 14.2. The third-order valence-corrected chi connectivity index (χ3v) is 9.78. The van der Waals surface area contributed by atoms with Crippen molar-refractivity contribution in [1.82, 2.24) is 10.2 Å². The van der Waals surface area contributed by atoms with Crippen molar-refractivity contribution >= 4 is 23.4 Å². The van der Waals surface area contributed by atoms with E-state index in [0.29, 0.717) is 18.2 Å². The van der Waals surface area contributed by atoms with Gasteiger partial charge in [0.15, 0.2) is 0 Å². The highest BCUT2D eigenvalue weighted by atomic mass is 16.5. The SMILES string of the molecule is CC(C)c1ccc(NC(=O)[C@@H]2[C@H]3C=C[C@]4(O3)[C@H](C(=O)NC3CCCCC3)N(CCC3=CCCCC3)C(=O)[C@@H]24)cc1. The molecule has 214 valence electrons. The summed E-state index contributed by atoms with van der Waals surface area (Å²) < 4.78 is 6.51. The first kappa shape index (κ1) is 27.3. The number of carbonyl (C=O) groups excluding carboxylic acids is 3. The highest BCUT2D eigenvalue weighted by Gasteiger charge is 2.72. The minimum absolute atomic E-state index is 0.130. The molecule has 0 radical (unpaired) electrons. The fourth-order valence-electron chi connectivity index (χ4n) is 7.61. The highest BCUT2D eigenvalue weighted by Crippen LogP contribution is 2.55. The molecule has 2 aliphatic carbocycles. The van der Waals surface area contributed by atoms with E-state index in [1.165, 1.54) is 30.4 Å². The van der Waals surface area contributed by atoms with E-state index in [0.717, 1.165) is 44.9 Å². The molecular weight excluding hydrogens is 502 g/mol. The van der Waals surface area contributed by atoms with Crippen LogP contribution in [0.5, 0.6) is 0 Å². The van der Waals surface area contributed by atoms with Crippen molar-refractivity contribution in [3.63, 3.8) is 0 Å². The van der Waals surface area contributed by atoms with Gasteiger partial charge in [0, 0.05) is 18.3 Å². The Balaban J connectivity index is 1.26. The molecule has 2 N–H and O–H groups in total. The van der Waals surface area contributed by atoms with Crippen LogP contribution in [-0.4, -0.2) is 53.0 Å². The summed E-state index contributed by atoms with van der Waals surface area (Å²) in [5.74, 6) is -1.49. The number of likely N-dealkylation sites (tertiary alicyclic amines) is 1. The van der Waals surface area contributed by atoms with Crippen LogP contribution in [0.1, 0.15) is 89.5 Å². The third kappa shape index (κ3) is 4.91. The van der Waals surface area contributed by atoms with Crippen molar-refractivity contribution in [2.24, 2.45) is 11.8 Å². The average molecular weight is 546 g/mol. The Morgan fingerprint density at radius 2 is 1.82 bits per heavy atom. The molecule has 6 rings (SSSR count). The molecule has 0 unspecified atom stereocenters. The van der Waals surface area contributed by atoms with Gasteiger partial charge in [-0.25, -0.2) is 0 Å². The molecule has 5 aliphatic rings. The predicted octanol–water partition coefficient (Wildman–Crippen LogP) is 5.24. The lowest BCUT2D eigenvalue weighted by Crippen LogP contribution is -2.56. The molecule has 3 aliphatic heterocycles. The van der Waals surface area contributed by atoms with Crippen molar-refractivity contribution in [3.05, 3.63) is 53.6 Å². The summed E-state index contributed by atoms with van der Waals surface area (Å²) in [6.07, 6.45) is 16.2. The van der Waals surface area contributed by atoms with Gasteiger partial charge in [0.25, 0.3) is 0 Å². The number of nitrogens with one attached hydrogen (secondary N) is 2. The Hall–Kier alpha value is -2.93. The molecule has 3 amide bonds. The van der Waals surface area contributed by atoms with E-state index in [4.69, 9.17) is 4.74 Å². The summed E-state index contributed by atoms with van der Waals surface area (Å²) >= 11 is 0. The molecule has 1 aromatic carbocycles. The van der Waals surface area contributed by atoms with Gasteiger partial charge in [0.2, 0.25) is 17.7 Å². The number of allylic oxidation sites excluding steroid dienone is 1. The van der Waals surface area contributed by atoms with E-state index in [-0.39, 0.29) is 23.8 Å². The van der Waals surface area contributed by atoms with Gasteiger partial charge in [0.1, 0.15) is 11.6 Å². The summed E-state index contributed by atoms with van der Waals surface area (Å²) in [6, 6.07) is 7.23. The van der Waals surface area contributed by atoms with E-state index in [2.05, 4.69) is 30.6 Å². The minimum Gasteiger partial charge on any atom is -0.359 e. The first-order chi connectivity index (χ1) is 19.4. The van der Waals surface area contributed by atoms with E-state index in [1.54, 1.807) is 4.90 Å². The molecular formula is C33H43N3O4. The number of nitrogens with zero attached hydrogens (tertiary/aromatic N) is 1. The van der Waals surface area contributed by atoms with Crippen LogP contribution in [-0.2, 0) is 19.1 Å². The molecule has 1 saturated carbocycles. The number of fused-ring (bicyclic) bond motifs is 1. The molecule has 0 aromatic heterocycles. The van der Waals surface area contributed by atoms with Crippen LogP contribution in [0.15, 0.2) is 48.1 Å². The van der Waals surface area contributed by atoms with Crippen LogP contribution in [0.4, 0.5) is 5.69 Å². The van der Waals surface area contributed by atoms with Gasteiger partial charge in [-0.1, -0.05) is 69.0 Å². The van der Waals surface area contributed by atoms with E-state index < -0.39 is 29.6 Å². The Bertz CT molecular complexity index is 1200. The maximum atomic E-state index is 14.2. The van der Waals surface area contributed by atoms with Crippen molar-refractivity contribution in [3.8, 4) is 0 Å². The van der Waals surface area contributed by atoms with Crippen LogP contribution in [0.25, 0.3) is 0 Å². The highest BCUT2D eigenvalue weighted by molar-refractivity contribution is 6.02. The monoisotopic (exact) mass is 545 g/mol. The molecule has 3 heterocycles. The van der Waals surface area contributed by atoms with Crippen LogP contribution in [0, 0.1) is 11.8 Å². The quantitative estimate of drug-likeness (QED) is 0.438. The first-order valence-corrected chi connectivity index (χ1v) is 15.4. The number of amides is 3. The van der Waals surface area contributed by atoms with E-state index in [1.807, 2.05) is 36.4 Å². The number of anilines is 1. The van der Waals surface area contributed by atoms with Gasteiger partial charge in [-0.2, -0.15) is 0 Å². The fourth-order valence-corrected chi connectivity index (χ4v) is 7.61. The second kappa shape index (κ2) is 11.2.